The lowest BCUT2D eigenvalue weighted by molar-refractivity contribution is -0.152. The molecule has 0 rings (SSSR count). The number of unbranched alkanes of at least 4 members (excludes halogenated alkanes) is 14. The average molecular weight is 461 g/mol. The van der Waals surface area contributed by atoms with Gasteiger partial charge in [-0.15, -0.1) is 0 Å². The lowest BCUT2D eigenvalue weighted by atomic mass is 9.82. The van der Waals surface area contributed by atoms with Gasteiger partial charge in [-0.2, -0.15) is 0 Å². The summed E-state index contributed by atoms with van der Waals surface area (Å²) in [5, 5.41) is 17.3. The summed E-state index contributed by atoms with van der Waals surface area (Å²) in [6.45, 7) is 4.32. The van der Waals surface area contributed by atoms with Crippen LogP contribution in [-0.4, -0.2) is 27.3 Å². The van der Waals surface area contributed by atoms with Crippen molar-refractivity contribution < 1.29 is 28.9 Å². The van der Waals surface area contributed by atoms with Crippen molar-refractivity contribution in [3.63, 3.8) is 0 Å². The van der Waals surface area contributed by atoms with Crippen molar-refractivity contribution in [1.29, 1.82) is 0 Å². The number of carboxylic acid groups (broad SMARTS) is 2. The van der Waals surface area contributed by atoms with E-state index in [-0.39, 0.29) is 12.8 Å². The molecule has 0 aromatic heterocycles. The molecule has 0 aliphatic rings. The van der Waals surface area contributed by atoms with Gasteiger partial charge in [-0.25, -0.2) is 9.13 Å². The highest BCUT2D eigenvalue weighted by Gasteiger charge is 2.54. The molecule has 0 saturated carbocycles. The summed E-state index contributed by atoms with van der Waals surface area (Å²) in [7, 11) is -3.41. The molecule has 0 aliphatic heterocycles. The Balaban J connectivity index is 4.76. The van der Waals surface area contributed by atoms with Gasteiger partial charge in [0.05, 0.1) is 5.92 Å². The predicted molar refractivity (Wildman–Crippen MR) is 124 cm³/mol. The highest BCUT2D eigenvalue weighted by atomic mass is 31.1. The van der Waals surface area contributed by atoms with Gasteiger partial charge in [0.1, 0.15) is 0 Å². The first-order chi connectivity index (χ1) is 14.8. The number of carboxylic acids is 2. The molecule has 6 nitrogen and oxygen atoms in total. The Bertz CT molecular complexity index is 552. The van der Waals surface area contributed by atoms with Crippen LogP contribution in [0.25, 0.3) is 0 Å². The summed E-state index contributed by atoms with van der Waals surface area (Å²) >= 11 is 0. The van der Waals surface area contributed by atoms with Crippen LogP contribution < -0.4 is 0 Å². The molecule has 0 amide bonds. The summed E-state index contributed by atoms with van der Waals surface area (Å²) in [6, 6.07) is 0. The van der Waals surface area contributed by atoms with Crippen molar-refractivity contribution in [2.24, 2.45) is 5.92 Å². The monoisotopic (exact) mass is 460 g/mol. The smallest absolute Gasteiger partial charge is 0.334 e. The maximum Gasteiger partial charge on any atom is 0.334 e. The molecule has 0 fully saturated rings. The van der Waals surface area contributed by atoms with E-state index in [9.17, 15) is 28.9 Å². The lowest BCUT2D eigenvalue weighted by Gasteiger charge is -2.28. The highest BCUT2D eigenvalue weighted by Crippen LogP contribution is 2.44. The van der Waals surface area contributed by atoms with Crippen LogP contribution in [0.2, 0.25) is 0 Å². The topological polar surface area (TPSA) is 109 Å². The van der Waals surface area contributed by atoms with Crippen LogP contribution in [0.1, 0.15) is 129 Å². The minimum absolute atomic E-state index is 0.0942. The zero-order valence-corrected chi connectivity index (χ0v) is 20.7. The minimum Gasteiger partial charge on any atom is -0.481 e. The molecular weight excluding hydrogens is 415 g/mol. The first-order valence-electron chi connectivity index (χ1n) is 12.4. The maximum absolute atomic E-state index is 12.1. The summed E-state index contributed by atoms with van der Waals surface area (Å²) in [6.07, 6.45) is 15.9. The summed E-state index contributed by atoms with van der Waals surface area (Å²) in [5.41, 5.74) is 0. The van der Waals surface area contributed by atoms with Gasteiger partial charge >= 0.3 is 19.6 Å². The van der Waals surface area contributed by atoms with Crippen LogP contribution in [0.15, 0.2) is 0 Å². The van der Waals surface area contributed by atoms with E-state index in [2.05, 4.69) is 13.8 Å². The van der Waals surface area contributed by atoms with Crippen molar-refractivity contribution >= 4 is 19.6 Å². The van der Waals surface area contributed by atoms with Gasteiger partial charge < -0.3 is 10.2 Å². The van der Waals surface area contributed by atoms with Gasteiger partial charge in [-0.3, -0.25) is 9.59 Å². The molecule has 31 heavy (non-hydrogen) atoms. The number of carbonyl (C=O) groups is 2. The van der Waals surface area contributed by atoms with E-state index in [0.29, 0.717) is 12.8 Å². The van der Waals surface area contributed by atoms with Gasteiger partial charge in [0, 0.05) is 0 Å². The normalized spacial score (nSPS) is 14.1. The molecule has 2 atom stereocenters. The van der Waals surface area contributed by atoms with E-state index < -0.39 is 30.7 Å². The molecule has 0 aromatic rings. The highest BCUT2D eigenvalue weighted by molar-refractivity contribution is 7.34. The second-order valence-electron chi connectivity index (χ2n) is 8.87. The van der Waals surface area contributed by atoms with Crippen molar-refractivity contribution in [1.82, 2.24) is 0 Å². The predicted octanol–water partition coefficient (Wildman–Crippen LogP) is 7.75. The molecule has 0 spiro atoms. The molecule has 7 heteroatoms. The van der Waals surface area contributed by atoms with Crippen molar-refractivity contribution in [3.05, 3.63) is 0 Å². The number of hydrogen-bond acceptors (Lipinski definition) is 4. The molecule has 0 heterocycles. The van der Waals surface area contributed by atoms with Gasteiger partial charge in [0.2, 0.25) is 0 Å². The molecule has 0 radical (unpaired) electrons. The Morgan fingerprint density at radius 1 is 0.677 bits per heavy atom. The van der Waals surface area contributed by atoms with Crippen LogP contribution in [0.5, 0.6) is 0 Å². The standard InChI is InChI=1S/C24H45O6P/c1-3-5-7-9-11-13-15-17-19-21(22(25)26)24(23(27)28,31(29)30)20-18-16-14-12-10-8-6-4-2/h21H,3-20H2,1-2H3,(H,25,26)(H,27,28). The zero-order chi connectivity index (χ0) is 23.5. The molecule has 2 N–H and O–H groups in total. The van der Waals surface area contributed by atoms with Gasteiger partial charge in [0.15, 0.2) is 5.16 Å². The molecule has 0 saturated heterocycles. The van der Waals surface area contributed by atoms with E-state index >= 15 is 0 Å². The summed E-state index contributed by atoms with van der Waals surface area (Å²) in [4.78, 5) is 23.9. The lowest BCUT2D eigenvalue weighted by Crippen LogP contribution is -2.45. The van der Waals surface area contributed by atoms with E-state index in [1.54, 1.807) is 0 Å². The Hall–Kier alpha value is -1.16. The molecule has 182 valence electrons. The number of rotatable bonds is 22. The van der Waals surface area contributed by atoms with E-state index in [0.717, 1.165) is 51.4 Å². The van der Waals surface area contributed by atoms with Crippen molar-refractivity contribution in [3.8, 4) is 0 Å². The molecule has 0 aromatic carbocycles. The van der Waals surface area contributed by atoms with Crippen LogP contribution in [0, 0.1) is 5.92 Å². The first-order valence-corrected chi connectivity index (χ1v) is 13.6. The fraction of sp³-hybridized carbons (Fsp3) is 0.917. The van der Waals surface area contributed by atoms with Crippen LogP contribution in [0.3, 0.4) is 0 Å². The SMILES string of the molecule is CCCCCCCCCCC(C(=O)O)C(CCCCCCCCCC)(C(=O)O)P(=O)=O. The van der Waals surface area contributed by atoms with Gasteiger partial charge in [0.25, 0.3) is 0 Å². The van der Waals surface area contributed by atoms with E-state index in [1.807, 2.05) is 0 Å². The fourth-order valence-corrected chi connectivity index (χ4v) is 5.29. The van der Waals surface area contributed by atoms with Crippen molar-refractivity contribution in [2.45, 2.75) is 135 Å². The Morgan fingerprint density at radius 3 is 1.42 bits per heavy atom. The Kier molecular flexibility index (Phi) is 17.7. The van der Waals surface area contributed by atoms with Crippen molar-refractivity contribution in [2.75, 3.05) is 0 Å². The quantitative estimate of drug-likeness (QED) is 0.126. The minimum atomic E-state index is -3.41. The molecule has 2 unspecified atom stereocenters. The third kappa shape index (κ3) is 11.9. The largest absolute Gasteiger partial charge is 0.481 e. The Morgan fingerprint density at radius 2 is 1.06 bits per heavy atom. The van der Waals surface area contributed by atoms with E-state index in [1.165, 1.54) is 38.5 Å². The van der Waals surface area contributed by atoms with Crippen LogP contribution in [0.4, 0.5) is 0 Å². The fourth-order valence-electron chi connectivity index (χ4n) is 4.30. The number of aliphatic carboxylic acids is 2. The average Bonchev–Trinajstić information content (AvgIpc) is 2.71. The zero-order valence-electron chi connectivity index (χ0n) is 19.8. The molecular formula is C24H45O6P. The van der Waals surface area contributed by atoms with Gasteiger partial charge in [-0.1, -0.05) is 117 Å². The Labute approximate surface area is 189 Å². The van der Waals surface area contributed by atoms with E-state index in [4.69, 9.17) is 0 Å². The first kappa shape index (κ1) is 29.8. The third-order valence-electron chi connectivity index (χ3n) is 6.33. The summed E-state index contributed by atoms with van der Waals surface area (Å²) < 4.78 is 24.2. The van der Waals surface area contributed by atoms with Crippen LogP contribution in [-0.2, 0) is 18.7 Å². The summed E-state index contributed by atoms with van der Waals surface area (Å²) in [5.74, 6) is -4.22. The molecule has 0 aliphatic carbocycles. The number of hydrogen-bond donors (Lipinski definition) is 2. The molecule has 0 bridgehead atoms. The third-order valence-corrected chi connectivity index (χ3v) is 7.71. The maximum atomic E-state index is 12.1. The second kappa shape index (κ2) is 18.4. The van der Waals surface area contributed by atoms with Gasteiger partial charge in [-0.05, 0) is 12.8 Å². The second-order valence-corrected chi connectivity index (χ2v) is 10.2. The van der Waals surface area contributed by atoms with Crippen LogP contribution >= 0.6 is 7.68 Å².